The SMILES string of the molecule is CC(c1ccnc2cc(N(C)C)ccc12)C1NC(=O)N(c2ccc(SC(F)(F)F)cc2)C1=O. The van der Waals surface area contributed by atoms with Crippen molar-refractivity contribution in [2.75, 3.05) is 23.9 Å². The highest BCUT2D eigenvalue weighted by Gasteiger charge is 2.42. The predicted octanol–water partition coefficient (Wildman–Crippen LogP) is 5.14. The number of rotatable bonds is 5. The number of aromatic nitrogens is 1. The third-order valence-corrected chi connectivity index (χ3v) is 6.30. The van der Waals surface area contributed by atoms with Crippen molar-refractivity contribution in [3.63, 3.8) is 0 Å². The number of nitrogens with one attached hydrogen (secondary N) is 1. The summed E-state index contributed by atoms with van der Waals surface area (Å²) < 4.78 is 37.7. The van der Waals surface area contributed by atoms with Crippen molar-refractivity contribution in [2.45, 2.75) is 29.3 Å². The van der Waals surface area contributed by atoms with Crippen LogP contribution < -0.4 is 15.1 Å². The fourth-order valence-corrected chi connectivity index (χ4v) is 4.43. The number of amides is 3. The molecule has 3 aromatic rings. The fourth-order valence-electron chi connectivity index (χ4n) is 3.89. The van der Waals surface area contributed by atoms with Gasteiger partial charge in [-0.25, -0.2) is 9.69 Å². The Bertz CT molecular complexity index is 1210. The van der Waals surface area contributed by atoms with Crippen LogP contribution in [0.1, 0.15) is 18.4 Å². The molecule has 1 aliphatic heterocycles. The fraction of sp³-hybridized carbons (Fsp3) is 0.261. The Morgan fingerprint density at radius 2 is 1.79 bits per heavy atom. The van der Waals surface area contributed by atoms with Crippen LogP contribution in [0.3, 0.4) is 0 Å². The van der Waals surface area contributed by atoms with Gasteiger partial charge in [-0.2, -0.15) is 13.2 Å². The van der Waals surface area contributed by atoms with Crippen LogP contribution in [0.15, 0.2) is 59.6 Å². The van der Waals surface area contributed by atoms with Crippen LogP contribution in [-0.2, 0) is 4.79 Å². The van der Waals surface area contributed by atoms with E-state index in [0.29, 0.717) is 0 Å². The summed E-state index contributed by atoms with van der Waals surface area (Å²) in [5.41, 5.74) is -1.57. The van der Waals surface area contributed by atoms with Crippen molar-refractivity contribution >= 4 is 46.0 Å². The van der Waals surface area contributed by atoms with Crippen molar-refractivity contribution in [2.24, 2.45) is 0 Å². The van der Waals surface area contributed by atoms with Gasteiger partial charge < -0.3 is 10.2 Å². The number of thioether (sulfide) groups is 1. The molecule has 6 nitrogen and oxygen atoms in total. The molecule has 1 saturated heterocycles. The molecule has 1 N–H and O–H groups in total. The largest absolute Gasteiger partial charge is 0.446 e. The maximum atomic E-state index is 13.2. The van der Waals surface area contributed by atoms with E-state index in [1.165, 1.54) is 24.3 Å². The van der Waals surface area contributed by atoms with Gasteiger partial charge >= 0.3 is 11.5 Å². The molecule has 10 heteroatoms. The van der Waals surface area contributed by atoms with Crippen LogP contribution >= 0.6 is 11.8 Å². The van der Waals surface area contributed by atoms with E-state index in [2.05, 4.69) is 10.3 Å². The van der Waals surface area contributed by atoms with E-state index >= 15 is 0 Å². The van der Waals surface area contributed by atoms with Crippen LogP contribution in [-0.4, -0.2) is 42.6 Å². The number of carbonyl (C=O) groups excluding carboxylic acids is 2. The number of anilines is 2. The molecule has 0 saturated carbocycles. The third-order valence-electron chi connectivity index (χ3n) is 5.56. The van der Waals surface area contributed by atoms with Gasteiger partial charge in [0.2, 0.25) is 0 Å². The minimum Gasteiger partial charge on any atom is -0.378 e. The second-order valence-electron chi connectivity index (χ2n) is 7.93. The number of halogens is 3. The molecule has 0 radical (unpaired) electrons. The molecular weight excluding hydrogens is 453 g/mol. The Morgan fingerprint density at radius 1 is 1.09 bits per heavy atom. The highest BCUT2D eigenvalue weighted by Crippen LogP contribution is 2.38. The number of urea groups is 1. The summed E-state index contributed by atoms with van der Waals surface area (Å²) >= 11 is -0.253. The number of hydrogen-bond acceptors (Lipinski definition) is 5. The Balaban J connectivity index is 1.60. The number of fused-ring (bicyclic) bond motifs is 1. The van der Waals surface area contributed by atoms with E-state index in [1.54, 1.807) is 6.20 Å². The molecule has 0 bridgehead atoms. The van der Waals surface area contributed by atoms with Gasteiger partial charge in [0.05, 0.1) is 11.2 Å². The Hall–Kier alpha value is -3.27. The summed E-state index contributed by atoms with van der Waals surface area (Å²) in [5.74, 6) is -0.819. The molecular formula is C23H21F3N4O2S. The van der Waals surface area contributed by atoms with Gasteiger partial charge in [0.15, 0.2) is 0 Å². The molecule has 2 atom stereocenters. The predicted molar refractivity (Wildman–Crippen MR) is 123 cm³/mol. The summed E-state index contributed by atoms with van der Waals surface area (Å²) in [7, 11) is 3.87. The summed E-state index contributed by atoms with van der Waals surface area (Å²) in [6.07, 6.45) is 1.67. The number of hydrogen-bond donors (Lipinski definition) is 1. The molecule has 172 valence electrons. The molecule has 4 rings (SSSR count). The molecule has 1 aromatic heterocycles. The van der Waals surface area contributed by atoms with Crippen molar-refractivity contribution in [1.82, 2.24) is 10.3 Å². The summed E-state index contributed by atoms with van der Waals surface area (Å²) in [5, 5.41) is 3.60. The molecule has 2 aromatic carbocycles. The van der Waals surface area contributed by atoms with E-state index in [4.69, 9.17) is 0 Å². The monoisotopic (exact) mass is 474 g/mol. The van der Waals surface area contributed by atoms with Gasteiger partial charge in [-0.1, -0.05) is 13.0 Å². The third kappa shape index (κ3) is 4.61. The van der Waals surface area contributed by atoms with Crippen molar-refractivity contribution in [1.29, 1.82) is 0 Å². The number of pyridine rings is 1. The van der Waals surface area contributed by atoms with E-state index in [0.717, 1.165) is 27.1 Å². The highest BCUT2D eigenvalue weighted by atomic mass is 32.2. The quantitative estimate of drug-likeness (QED) is 0.410. The minimum atomic E-state index is -4.41. The van der Waals surface area contributed by atoms with Crippen LogP contribution in [0, 0.1) is 0 Å². The van der Waals surface area contributed by atoms with Crippen LogP contribution in [0.4, 0.5) is 29.3 Å². The maximum absolute atomic E-state index is 13.2. The molecule has 0 spiro atoms. The Morgan fingerprint density at radius 3 is 2.42 bits per heavy atom. The summed E-state index contributed by atoms with van der Waals surface area (Å²) in [6, 6.07) is 11.4. The zero-order chi connectivity index (χ0) is 23.9. The lowest BCUT2D eigenvalue weighted by Gasteiger charge is -2.20. The van der Waals surface area contributed by atoms with Gasteiger partial charge in [0, 0.05) is 42.2 Å². The number of benzene rings is 2. The highest BCUT2D eigenvalue weighted by molar-refractivity contribution is 8.00. The lowest BCUT2D eigenvalue weighted by molar-refractivity contribution is -0.118. The zero-order valence-corrected chi connectivity index (χ0v) is 18.9. The first-order chi connectivity index (χ1) is 15.5. The smallest absolute Gasteiger partial charge is 0.378 e. The Labute approximate surface area is 192 Å². The molecule has 33 heavy (non-hydrogen) atoms. The van der Waals surface area contributed by atoms with Gasteiger partial charge in [-0.05, 0) is 59.8 Å². The topological polar surface area (TPSA) is 65.5 Å². The minimum absolute atomic E-state index is 0.0245. The van der Waals surface area contributed by atoms with Crippen molar-refractivity contribution in [3.05, 3.63) is 60.3 Å². The Kier molecular flexibility index (Phi) is 5.96. The summed E-state index contributed by atoms with van der Waals surface area (Å²) in [4.78, 5) is 33.1. The van der Waals surface area contributed by atoms with E-state index in [1.807, 2.05) is 50.2 Å². The molecule has 0 aliphatic carbocycles. The summed E-state index contributed by atoms with van der Waals surface area (Å²) in [6.45, 7) is 1.85. The second kappa shape index (κ2) is 8.58. The molecule has 3 amide bonds. The molecule has 2 heterocycles. The van der Waals surface area contributed by atoms with Gasteiger partial charge in [0.25, 0.3) is 5.91 Å². The number of alkyl halides is 3. The van der Waals surface area contributed by atoms with E-state index in [-0.39, 0.29) is 28.3 Å². The molecule has 1 aliphatic rings. The standard InChI is InChI=1S/C23H21F3N4O2S/c1-13(17-10-11-27-19-12-15(29(2)3)6-9-18(17)19)20-21(31)30(22(32)28-20)14-4-7-16(8-5-14)33-23(24,25)26/h4-13,20H,1-3H3,(H,28,32). The number of nitrogens with zero attached hydrogens (tertiary/aromatic N) is 3. The maximum Gasteiger partial charge on any atom is 0.446 e. The second-order valence-corrected chi connectivity index (χ2v) is 9.07. The molecule has 2 unspecified atom stereocenters. The molecule has 1 fully saturated rings. The lowest BCUT2D eigenvalue weighted by atomic mass is 9.90. The van der Waals surface area contributed by atoms with Crippen molar-refractivity contribution < 1.29 is 22.8 Å². The van der Waals surface area contributed by atoms with Gasteiger partial charge in [-0.3, -0.25) is 9.78 Å². The number of carbonyl (C=O) groups is 2. The average molecular weight is 475 g/mol. The zero-order valence-electron chi connectivity index (χ0n) is 18.1. The van der Waals surface area contributed by atoms with Gasteiger partial charge in [-0.15, -0.1) is 0 Å². The first-order valence-corrected chi connectivity index (χ1v) is 10.9. The van der Waals surface area contributed by atoms with Crippen LogP contribution in [0.5, 0.6) is 0 Å². The first-order valence-electron chi connectivity index (χ1n) is 10.1. The van der Waals surface area contributed by atoms with Gasteiger partial charge in [0.1, 0.15) is 6.04 Å². The lowest BCUT2D eigenvalue weighted by Crippen LogP contribution is -2.35. The van der Waals surface area contributed by atoms with Crippen LogP contribution in [0.2, 0.25) is 0 Å². The van der Waals surface area contributed by atoms with E-state index < -0.39 is 23.5 Å². The normalized spacial score (nSPS) is 17.4. The van der Waals surface area contributed by atoms with E-state index in [9.17, 15) is 22.8 Å². The van der Waals surface area contributed by atoms with Crippen molar-refractivity contribution in [3.8, 4) is 0 Å². The first kappa shape index (κ1) is 22.9. The number of imide groups is 1. The van der Waals surface area contributed by atoms with Crippen LogP contribution in [0.25, 0.3) is 10.9 Å². The average Bonchev–Trinajstić information content (AvgIpc) is 3.05.